The molecule has 0 aliphatic heterocycles. The van der Waals surface area contributed by atoms with E-state index in [9.17, 15) is 18.0 Å². The highest BCUT2D eigenvalue weighted by molar-refractivity contribution is 5.72. The number of nitrogens with zero attached hydrogens (tertiary/aromatic N) is 1. The summed E-state index contributed by atoms with van der Waals surface area (Å²) in [5.74, 6) is -0.130. The standard InChI is InChI=1S/C14H16F3N3O/c1-10(21)19-7-2-8-20-13(9-18)11-3-5-12(6-4-11)14(15,16)17/h3-6,13,20H,2,7-8H2,1H3,(H,19,21). The van der Waals surface area contributed by atoms with Gasteiger partial charge >= 0.3 is 6.18 Å². The van der Waals surface area contributed by atoms with Crippen molar-refractivity contribution in [2.24, 2.45) is 0 Å². The summed E-state index contributed by atoms with van der Waals surface area (Å²) in [4.78, 5) is 10.7. The van der Waals surface area contributed by atoms with Crippen molar-refractivity contribution in [1.82, 2.24) is 10.6 Å². The molecular formula is C14H16F3N3O. The Labute approximate surface area is 121 Å². The van der Waals surface area contributed by atoms with Gasteiger partial charge in [0.05, 0.1) is 11.6 Å². The maximum absolute atomic E-state index is 12.4. The normalized spacial score (nSPS) is 12.5. The van der Waals surface area contributed by atoms with E-state index in [1.165, 1.54) is 19.1 Å². The molecule has 1 aromatic carbocycles. The van der Waals surface area contributed by atoms with E-state index < -0.39 is 17.8 Å². The second-order valence-corrected chi connectivity index (χ2v) is 4.47. The molecule has 114 valence electrons. The molecule has 1 rings (SSSR count). The number of amides is 1. The molecule has 0 saturated heterocycles. The predicted octanol–water partition coefficient (Wildman–Crippen LogP) is 2.39. The molecule has 0 aliphatic carbocycles. The fourth-order valence-corrected chi connectivity index (χ4v) is 1.70. The van der Waals surface area contributed by atoms with Crippen LogP contribution in [0.3, 0.4) is 0 Å². The maximum atomic E-state index is 12.4. The Balaban J connectivity index is 2.53. The zero-order chi connectivity index (χ0) is 15.9. The molecule has 1 amide bonds. The number of carbonyl (C=O) groups excluding carboxylic acids is 1. The number of nitriles is 1. The van der Waals surface area contributed by atoms with Gasteiger partial charge in [0.15, 0.2) is 0 Å². The van der Waals surface area contributed by atoms with Gasteiger partial charge in [0.1, 0.15) is 6.04 Å². The molecule has 0 aromatic heterocycles. The summed E-state index contributed by atoms with van der Waals surface area (Å²) in [7, 11) is 0. The van der Waals surface area contributed by atoms with Crippen molar-refractivity contribution in [2.75, 3.05) is 13.1 Å². The topological polar surface area (TPSA) is 64.9 Å². The second kappa shape index (κ2) is 7.64. The van der Waals surface area contributed by atoms with Gasteiger partial charge < -0.3 is 5.32 Å². The number of rotatable bonds is 6. The number of benzene rings is 1. The smallest absolute Gasteiger partial charge is 0.356 e. The average Bonchev–Trinajstić information content (AvgIpc) is 2.42. The predicted molar refractivity (Wildman–Crippen MR) is 71.1 cm³/mol. The maximum Gasteiger partial charge on any atom is 0.416 e. The summed E-state index contributed by atoms with van der Waals surface area (Å²) < 4.78 is 37.3. The van der Waals surface area contributed by atoms with E-state index in [0.717, 1.165) is 12.1 Å². The minimum Gasteiger partial charge on any atom is -0.356 e. The lowest BCUT2D eigenvalue weighted by molar-refractivity contribution is -0.137. The van der Waals surface area contributed by atoms with Crippen LogP contribution in [0.25, 0.3) is 0 Å². The Hall–Kier alpha value is -2.07. The van der Waals surface area contributed by atoms with E-state index in [0.29, 0.717) is 25.1 Å². The van der Waals surface area contributed by atoms with Crippen molar-refractivity contribution in [2.45, 2.75) is 25.6 Å². The first-order valence-electron chi connectivity index (χ1n) is 6.39. The van der Waals surface area contributed by atoms with Crippen LogP contribution in [-0.4, -0.2) is 19.0 Å². The highest BCUT2D eigenvalue weighted by Crippen LogP contribution is 2.29. The summed E-state index contributed by atoms with van der Waals surface area (Å²) >= 11 is 0. The van der Waals surface area contributed by atoms with Crippen LogP contribution in [0.2, 0.25) is 0 Å². The third-order valence-corrected chi connectivity index (χ3v) is 2.78. The summed E-state index contributed by atoms with van der Waals surface area (Å²) in [5, 5.41) is 14.6. The minimum absolute atomic E-state index is 0.130. The summed E-state index contributed by atoms with van der Waals surface area (Å²) in [6.45, 7) is 2.36. The number of alkyl halides is 3. The van der Waals surface area contributed by atoms with Gasteiger partial charge in [-0.3, -0.25) is 10.1 Å². The van der Waals surface area contributed by atoms with E-state index in [1.807, 2.05) is 6.07 Å². The fourth-order valence-electron chi connectivity index (χ4n) is 1.70. The molecule has 0 spiro atoms. The van der Waals surface area contributed by atoms with E-state index in [4.69, 9.17) is 5.26 Å². The van der Waals surface area contributed by atoms with Crippen molar-refractivity contribution in [1.29, 1.82) is 5.26 Å². The lowest BCUT2D eigenvalue weighted by atomic mass is 10.1. The van der Waals surface area contributed by atoms with Gasteiger partial charge in [-0.2, -0.15) is 18.4 Å². The van der Waals surface area contributed by atoms with Crippen molar-refractivity contribution < 1.29 is 18.0 Å². The zero-order valence-electron chi connectivity index (χ0n) is 11.5. The monoisotopic (exact) mass is 299 g/mol. The second-order valence-electron chi connectivity index (χ2n) is 4.47. The Morgan fingerprint density at radius 1 is 1.29 bits per heavy atom. The van der Waals surface area contributed by atoms with Crippen LogP contribution in [0.4, 0.5) is 13.2 Å². The fraction of sp³-hybridized carbons (Fsp3) is 0.429. The lowest BCUT2D eigenvalue weighted by Crippen LogP contribution is -2.27. The molecule has 1 atom stereocenters. The Kier molecular flexibility index (Phi) is 6.18. The van der Waals surface area contributed by atoms with Crippen LogP contribution in [0.5, 0.6) is 0 Å². The van der Waals surface area contributed by atoms with Gasteiger partial charge in [-0.05, 0) is 30.7 Å². The molecule has 4 nitrogen and oxygen atoms in total. The Bertz CT molecular complexity index is 506. The highest BCUT2D eigenvalue weighted by atomic mass is 19.4. The average molecular weight is 299 g/mol. The molecule has 2 N–H and O–H groups in total. The third kappa shape index (κ3) is 5.83. The number of nitrogens with one attached hydrogen (secondary N) is 2. The number of halogens is 3. The zero-order valence-corrected chi connectivity index (χ0v) is 11.5. The summed E-state index contributed by atoms with van der Waals surface area (Å²) in [6, 6.07) is 5.81. The van der Waals surface area contributed by atoms with E-state index in [-0.39, 0.29) is 5.91 Å². The van der Waals surface area contributed by atoms with E-state index >= 15 is 0 Å². The van der Waals surface area contributed by atoms with Crippen LogP contribution in [0.15, 0.2) is 24.3 Å². The number of hydrogen-bond acceptors (Lipinski definition) is 3. The Morgan fingerprint density at radius 3 is 2.38 bits per heavy atom. The van der Waals surface area contributed by atoms with Crippen LogP contribution >= 0.6 is 0 Å². The van der Waals surface area contributed by atoms with Gasteiger partial charge in [0.25, 0.3) is 0 Å². The summed E-state index contributed by atoms with van der Waals surface area (Å²) in [6.07, 6.45) is -3.76. The Morgan fingerprint density at radius 2 is 1.90 bits per heavy atom. The minimum atomic E-state index is -4.38. The van der Waals surface area contributed by atoms with Gasteiger partial charge in [-0.25, -0.2) is 0 Å². The largest absolute Gasteiger partial charge is 0.416 e. The quantitative estimate of drug-likeness (QED) is 0.793. The SMILES string of the molecule is CC(=O)NCCCNC(C#N)c1ccc(C(F)(F)F)cc1. The van der Waals surface area contributed by atoms with Crippen molar-refractivity contribution in [3.63, 3.8) is 0 Å². The van der Waals surface area contributed by atoms with E-state index in [1.54, 1.807) is 0 Å². The molecule has 1 aromatic rings. The first-order valence-corrected chi connectivity index (χ1v) is 6.39. The van der Waals surface area contributed by atoms with Crippen LogP contribution in [0.1, 0.15) is 30.5 Å². The lowest BCUT2D eigenvalue weighted by Gasteiger charge is -2.13. The van der Waals surface area contributed by atoms with Gasteiger partial charge in [0, 0.05) is 13.5 Å². The van der Waals surface area contributed by atoms with Crippen LogP contribution < -0.4 is 10.6 Å². The van der Waals surface area contributed by atoms with E-state index in [2.05, 4.69) is 10.6 Å². The van der Waals surface area contributed by atoms with Gasteiger partial charge in [-0.1, -0.05) is 12.1 Å². The molecule has 0 fully saturated rings. The highest BCUT2D eigenvalue weighted by Gasteiger charge is 2.30. The molecule has 0 heterocycles. The molecule has 0 aliphatic rings. The summed E-state index contributed by atoms with van der Waals surface area (Å²) in [5.41, 5.74) is -0.265. The number of carbonyl (C=O) groups is 1. The van der Waals surface area contributed by atoms with Gasteiger partial charge in [0.2, 0.25) is 5.91 Å². The molecule has 0 bridgehead atoms. The van der Waals surface area contributed by atoms with Gasteiger partial charge in [-0.15, -0.1) is 0 Å². The third-order valence-electron chi connectivity index (χ3n) is 2.78. The first kappa shape index (κ1) is 17.0. The van der Waals surface area contributed by atoms with Crippen molar-refractivity contribution in [3.8, 4) is 6.07 Å². The van der Waals surface area contributed by atoms with Crippen LogP contribution in [0, 0.1) is 11.3 Å². The van der Waals surface area contributed by atoms with Crippen molar-refractivity contribution in [3.05, 3.63) is 35.4 Å². The number of hydrogen-bond donors (Lipinski definition) is 2. The first-order chi connectivity index (χ1) is 9.84. The molecule has 1 unspecified atom stereocenters. The molecule has 7 heteroatoms. The molecular weight excluding hydrogens is 283 g/mol. The molecule has 0 radical (unpaired) electrons. The van der Waals surface area contributed by atoms with Crippen LogP contribution in [-0.2, 0) is 11.0 Å². The molecule has 21 heavy (non-hydrogen) atoms. The molecule has 0 saturated carbocycles. The van der Waals surface area contributed by atoms with Crippen molar-refractivity contribution >= 4 is 5.91 Å².